The summed E-state index contributed by atoms with van der Waals surface area (Å²) in [7, 11) is 1.65. The molecular formula is C22H28O2. The summed E-state index contributed by atoms with van der Waals surface area (Å²) in [4.78, 5) is 13.6. The van der Waals surface area contributed by atoms with Gasteiger partial charge in [-0.25, -0.2) is 0 Å². The molecule has 128 valence electrons. The van der Waals surface area contributed by atoms with Crippen molar-refractivity contribution >= 4 is 5.78 Å². The van der Waals surface area contributed by atoms with Gasteiger partial charge in [0.2, 0.25) is 0 Å². The lowest BCUT2D eigenvalue weighted by Crippen LogP contribution is -2.44. The number of Topliss-reactive ketones (excluding diaryl/α,β-unsaturated/α-hetero) is 1. The molecule has 0 heterocycles. The summed E-state index contributed by atoms with van der Waals surface area (Å²) in [5.74, 6) is 1.54. The number of carbonyl (C=O) groups excluding carboxylic acids is 1. The van der Waals surface area contributed by atoms with E-state index in [4.69, 9.17) is 4.74 Å². The fourth-order valence-corrected chi connectivity index (χ4v) is 4.53. The van der Waals surface area contributed by atoms with Crippen molar-refractivity contribution in [2.45, 2.75) is 53.4 Å². The smallest absolute Gasteiger partial charge is 0.169 e. The molecule has 0 saturated carbocycles. The number of rotatable bonds is 3. The van der Waals surface area contributed by atoms with E-state index in [0.717, 1.165) is 37.0 Å². The summed E-state index contributed by atoms with van der Waals surface area (Å²) in [6.07, 6.45) is 3.91. The van der Waals surface area contributed by atoms with Crippen molar-refractivity contribution in [1.29, 1.82) is 0 Å². The average molecular weight is 324 g/mol. The molecule has 0 bridgehead atoms. The lowest BCUT2D eigenvalue weighted by atomic mass is 9.55. The normalized spacial score (nSPS) is 27.1. The van der Waals surface area contributed by atoms with Gasteiger partial charge in [-0.05, 0) is 83.6 Å². The minimum Gasteiger partial charge on any atom is -0.497 e. The minimum absolute atomic E-state index is 0.262. The standard InChI is InChI=1S/C22H28O2/c1-14-10-19-11-15(2)17(4)13-22(19,12-16(14)3)21(23)18-6-8-20(24-5)9-7-18/h6-9,19H,10-13H2,1-5H3. The van der Waals surface area contributed by atoms with Crippen LogP contribution in [0, 0.1) is 11.3 Å². The number of fused-ring (bicyclic) bond motifs is 1. The van der Waals surface area contributed by atoms with Crippen LogP contribution in [0.3, 0.4) is 0 Å². The number of hydrogen-bond donors (Lipinski definition) is 0. The SMILES string of the molecule is COc1ccc(C(=O)C23CC(C)=C(C)CC2CC(C)=C(C)C3)cc1. The van der Waals surface area contributed by atoms with Crippen molar-refractivity contribution in [3.05, 3.63) is 52.1 Å². The van der Waals surface area contributed by atoms with Gasteiger partial charge in [-0.15, -0.1) is 0 Å². The molecule has 0 fully saturated rings. The molecule has 3 rings (SSSR count). The Hall–Kier alpha value is -1.83. The third kappa shape index (κ3) is 2.72. The molecule has 0 atom stereocenters. The second-order valence-corrected chi connectivity index (χ2v) is 7.79. The molecule has 2 nitrogen and oxygen atoms in total. The lowest BCUT2D eigenvalue weighted by molar-refractivity contribution is 0.0605. The van der Waals surface area contributed by atoms with Gasteiger partial charge in [0.15, 0.2) is 5.78 Å². The van der Waals surface area contributed by atoms with E-state index in [0.29, 0.717) is 11.7 Å². The molecule has 24 heavy (non-hydrogen) atoms. The van der Waals surface area contributed by atoms with E-state index in [2.05, 4.69) is 27.7 Å². The second kappa shape index (κ2) is 6.23. The Morgan fingerprint density at radius 3 is 1.88 bits per heavy atom. The summed E-state index contributed by atoms with van der Waals surface area (Å²) in [5, 5.41) is 0. The van der Waals surface area contributed by atoms with Crippen LogP contribution in [0.15, 0.2) is 46.6 Å². The lowest BCUT2D eigenvalue weighted by Gasteiger charge is -2.47. The number of allylic oxidation sites excluding steroid dienone is 4. The molecule has 0 saturated heterocycles. The van der Waals surface area contributed by atoms with Crippen molar-refractivity contribution in [2.75, 3.05) is 7.11 Å². The van der Waals surface area contributed by atoms with Gasteiger partial charge in [0.05, 0.1) is 7.11 Å². The van der Waals surface area contributed by atoms with Gasteiger partial charge in [0, 0.05) is 11.0 Å². The highest BCUT2D eigenvalue weighted by molar-refractivity contribution is 6.01. The van der Waals surface area contributed by atoms with Crippen molar-refractivity contribution in [1.82, 2.24) is 0 Å². The maximum absolute atomic E-state index is 13.6. The number of benzene rings is 1. The monoisotopic (exact) mass is 324 g/mol. The summed E-state index contributed by atoms with van der Waals surface area (Å²) in [5.41, 5.74) is 6.32. The summed E-state index contributed by atoms with van der Waals surface area (Å²) < 4.78 is 5.24. The number of methoxy groups -OCH3 is 1. The molecule has 0 spiro atoms. The molecule has 0 aromatic heterocycles. The van der Waals surface area contributed by atoms with Gasteiger partial charge in [-0.2, -0.15) is 0 Å². The fourth-order valence-electron chi connectivity index (χ4n) is 4.53. The fraction of sp³-hybridized carbons (Fsp3) is 0.500. The van der Waals surface area contributed by atoms with E-state index in [1.165, 1.54) is 22.3 Å². The van der Waals surface area contributed by atoms with Crippen LogP contribution in [-0.4, -0.2) is 12.9 Å². The van der Waals surface area contributed by atoms with Crippen molar-refractivity contribution in [2.24, 2.45) is 11.3 Å². The summed E-state index contributed by atoms with van der Waals surface area (Å²) >= 11 is 0. The molecule has 2 aliphatic carbocycles. The van der Waals surface area contributed by atoms with E-state index in [-0.39, 0.29) is 5.41 Å². The second-order valence-electron chi connectivity index (χ2n) is 7.79. The number of ether oxygens (including phenoxy) is 1. The van der Waals surface area contributed by atoms with Crippen LogP contribution in [0.4, 0.5) is 0 Å². The number of carbonyl (C=O) groups is 1. The first kappa shape index (κ1) is 17.0. The van der Waals surface area contributed by atoms with Crippen LogP contribution in [0.25, 0.3) is 0 Å². The topological polar surface area (TPSA) is 26.3 Å². The first-order valence-electron chi connectivity index (χ1n) is 8.86. The third-order valence-electron chi connectivity index (χ3n) is 6.31. The number of ketones is 1. The highest BCUT2D eigenvalue weighted by Gasteiger charge is 2.49. The van der Waals surface area contributed by atoms with E-state index < -0.39 is 0 Å². The molecule has 1 aromatic carbocycles. The zero-order chi connectivity index (χ0) is 17.5. The molecule has 2 aliphatic rings. The Morgan fingerprint density at radius 1 is 0.917 bits per heavy atom. The van der Waals surface area contributed by atoms with E-state index in [9.17, 15) is 4.79 Å². The van der Waals surface area contributed by atoms with Crippen LogP contribution >= 0.6 is 0 Å². The number of hydrogen-bond acceptors (Lipinski definition) is 2. The average Bonchev–Trinajstić information content (AvgIpc) is 2.57. The Kier molecular flexibility index (Phi) is 4.42. The summed E-state index contributed by atoms with van der Waals surface area (Å²) in [6.45, 7) is 8.87. The molecule has 0 radical (unpaired) electrons. The van der Waals surface area contributed by atoms with E-state index in [1.54, 1.807) is 7.11 Å². The molecule has 0 aliphatic heterocycles. The maximum Gasteiger partial charge on any atom is 0.169 e. The van der Waals surface area contributed by atoms with Crippen LogP contribution in [0.2, 0.25) is 0 Å². The Morgan fingerprint density at radius 2 is 1.42 bits per heavy atom. The van der Waals surface area contributed by atoms with Crippen LogP contribution in [-0.2, 0) is 0 Å². The molecule has 0 unspecified atom stereocenters. The van der Waals surface area contributed by atoms with Crippen molar-refractivity contribution in [3.8, 4) is 5.75 Å². The molecule has 1 aromatic rings. The quantitative estimate of drug-likeness (QED) is 0.523. The minimum atomic E-state index is -0.262. The Bertz CT molecular complexity index is 689. The van der Waals surface area contributed by atoms with Crippen LogP contribution in [0.5, 0.6) is 5.75 Å². The molecular weight excluding hydrogens is 296 g/mol. The van der Waals surface area contributed by atoms with Crippen LogP contribution < -0.4 is 4.74 Å². The third-order valence-corrected chi connectivity index (χ3v) is 6.31. The molecule has 0 N–H and O–H groups in total. The maximum atomic E-state index is 13.6. The molecule has 0 amide bonds. The first-order chi connectivity index (χ1) is 11.4. The van der Waals surface area contributed by atoms with Gasteiger partial charge in [0.25, 0.3) is 0 Å². The zero-order valence-corrected chi connectivity index (χ0v) is 15.5. The summed E-state index contributed by atoms with van der Waals surface area (Å²) in [6, 6.07) is 7.64. The van der Waals surface area contributed by atoms with Gasteiger partial charge in [-0.1, -0.05) is 22.3 Å². The van der Waals surface area contributed by atoms with Gasteiger partial charge in [-0.3, -0.25) is 4.79 Å². The zero-order valence-electron chi connectivity index (χ0n) is 15.5. The highest BCUT2D eigenvalue weighted by atomic mass is 16.5. The Labute approximate surface area is 145 Å². The predicted molar refractivity (Wildman–Crippen MR) is 98.5 cm³/mol. The van der Waals surface area contributed by atoms with Crippen molar-refractivity contribution < 1.29 is 9.53 Å². The largest absolute Gasteiger partial charge is 0.497 e. The van der Waals surface area contributed by atoms with Gasteiger partial charge >= 0.3 is 0 Å². The van der Waals surface area contributed by atoms with Gasteiger partial charge in [0.1, 0.15) is 5.75 Å². The highest BCUT2D eigenvalue weighted by Crippen LogP contribution is 2.54. The van der Waals surface area contributed by atoms with Crippen molar-refractivity contribution in [3.63, 3.8) is 0 Å². The Balaban J connectivity index is 2.03. The van der Waals surface area contributed by atoms with E-state index in [1.807, 2.05) is 24.3 Å². The molecule has 2 heteroatoms. The first-order valence-corrected chi connectivity index (χ1v) is 8.86. The predicted octanol–water partition coefficient (Wildman–Crippen LogP) is 5.74. The van der Waals surface area contributed by atoms with Crippen LogP contribution in [0.1, 0.15) is 63.7 Å². The van der Waals surface area contributed by atoms with Gasteiger partial charge < -0.3 is 4.74 Å². The van der Waals surface area contributed by atoms with E-state index >= 15 is 0 Å².